The number of benzene rings is 3. The minimum Gasteiger partial charge on any atom is -0.459 e. The molecule has 3 aromatic carbocycles. The van der Waals surface area contributed by atoms with Crippen LogP contribution in [0.25, 0.3) is 0 Å². The highest BCUT2D eigenvalue weighted by molar-refractivity contribution is 7.92. The quantitative estimate of drug-likeness (QED) is 0.334. The van der Waals surface area contributed by atoms with E-state index in [4.69, 9.17) is 4.42 Å². The topological polar surface area (TPSA) is 118 Å². The van der Waals surface area contributed by atoms with Crippen LogP contribution in [0, 0.1) is 12.7 Å². The van der Waals surface area contributed by atoms with Gasteiger partial charge < -0.3 is 15.1 Å². The van der Waals surface area contributed by atoms with Gasteiger partial charge in [-0.1, -0.05) is 6.07 Å². The average Bonchev–Trinajstić information content (AvgIpc) is 3.37. The lowest BCUT2D eigenvalue weighted by Gasteiger charge is -2.13. The van der Waals surface area contributed by atoms with Crippen molar-refractivity contribution in [2.75, 3.05) is 15.4 Å². The molecule has 0 aliphatic rings. The van der Waals surface area contributed by atoms with Crippen LogP contribution < -0.4 is 15.4 Å². The van der Waals surface area contributed by atoms with Gasteiger partial charge in [-0.15, -0.1) is 0 Å². The summed E-state index contributed by atoms with van der Waals surface area (Å²) in [5, 5.41) is 5.32. The molecule has 0 spiro atoms. The molecule has 0 saturated carbocycles. The highest BCUT2D eigenvalue weighted by Gasteiger charge is 2.19. The Morgan fingerprint density at radius 2 is 1.43 bits per heavy atom. The van der Waals surface area contributed by atoms with Crippen LogP contribution in [0.4, 0.5) is 21.5 Å². The van der Waals surface area contributed by atoms with Crippen molar-refractivity contribution in [1.82, 2.24) is 0 Å². The largest absolute Gasteiger partial charge is 0.459 e. The minimum atomic E-state index is -3.99. The number of rotatable bonds is 7. The van der Waals surface area contributed by atoms with Gasteiger partial charge in [0.2, 0.25) is 0 Å². The summed E-state index contributed by atoms with van der Waals surface area (Å²) in [4.78, 5) is 24.7. The molecule has 4 rings (SSSR count). The number of carbonyl (C=O) groups is 2. The van der Waals surface area contributed by atoms with Gasteiger partial charge in [0.05, 0.1) is 11.2 Å². The summed E-state index contributed by atoms with van der Waals surface area (Å²) in [5.74, 6) is -1.21. The zero-order valence-electron chi connectivity index (χ0n) is 18.4. The number of anilines is 3. The molecular weight excluding hydrogens is 473 g/mol. The SMILES string of the molecule is Cc1ccc(NC(=O)c2ccc(NC(=O)c3ccco3)cc2)cc1S(=O)(=O)Nc1ccc(F)cc1. The van der Waals surface area contributed by atoms with Gasteiger partial charge in [0.15, 0.2) is 5.76 Å². The number of hydrogen-bond donors (Lipinski definition) is 3. The summed E-state index contributed by atoms with van der Waals surface area (Å²) in [7, 11) is -3.99. The van der Waals surface area contributed by atoms with Crippen molar-refractivity contribution < 1.29 is 26.8 Å². The van der Waals surface area contributed by atoms with E-state index in [1.165, 1.54) is 42.7 Å². The molecule has 178 valence electrons. The third kappa shape index (κ3) is 5.74. The summed E-state index contributed by atoms with van der Waals surface area (Å²) in [6, 6.07) is 18.7. The third-order valence-corrected chi connectivity index (χ3v) is 6.51. The maximum Gasteiger partial charge on any atom is 0.291 e. The number of sulfonamides is 1. The van der Waals surface area contributed by atoms with Gasteiger partial charge >= 0.3 is 0 Å². The van der Waals surface area contributed by atoms with Crippen LogP contribution in [0.1, 0.15) is 26.5 Å². The summed E-state index contributed by atoms with van der Waals surface area (Å²) >= 11 is 0. The van der Waals surface area contributed by atoms with Gasteiger partial charge in [0.1, 0.15) is 5.82 Å². The molecule has 10 heteroatoms. The first-order chi connectivity index (χ1) is 16.7. The van der Waals surface area contributed by atoms with E-state index in [0.29, 0.717) is 16.8 Å². The molecule has 0 radical (unpaired) electrons. The van der Waals surface area contributed by atoms with Crippen LogP contribution >= 0.6 is 0 Å². The van der Waals surface area contributed by atoms with E-state index in [0.717, 1.165) is 12.1 Å². The molecular formula is C25H20FN3O5S. The van der Waals surface area contributed by atoms with Crippen LogP contribution in [0.5, 0.6) is 0 Å². The first kappa shape index (κ1) is 23.7. The van der Waals surface area contributed by atoms with Crippen LogP contribution in [0.2, 0.25) is 0 Å². The lowest BCUT2D eigenvalue weighted by molar-refractivity contribution is 0.0995. The summed E-state index contributed by atoms with van der Waals surface area (Å²) in [6.07, 6.45) is 1.39. The van der Waals surface area contributed by atoms with Crippen molar-refractivity contribution in [3.63, 3.8) is 0 Å². The number of amides is 2. The Morgan fingerprint density at radius 1 is 0.800 bits per heavy atom. The van der Waals surface area contributed by atoms with Crippen LogP contribution in [0.15, 0.2) is 94.4 Å². The molecule has 2 amide bonds. The number of halogens is 1. The van der Waals surface area contributed by atoms with Crippen LogP contribution in [-0.4, -0.2) is 20.2 Å². The normalized spacial score (nSPS) is 11.0. The lowest BCUT2D eigenvalue weighted by atomic mass is 10.1. The average molecular weight is 494 g/mol. The maximum atomic E-state index is 13.1. The first-order valence-electron chi connectivity index (χ1n) is 10.4. The van der Waals surface area contributed by atoms with Crippen molar-refractivity contribution in [1.29, 1.82) is 0 Å². The number of aryl methyl sites for hydroxylation is 1. The molecule has 3 N–H and O–H groups in total. The monoisotopic (exact) mass is 493 g/mol. The van der Waals surface area contributed by atoms with Crippen molar-refractivity contribution in [3.8, 4) is 0 Å². The van der Waals surface area contributed by atoms with Crippen molar-refractivity contribution >= 4 is 38.9 Å². The molecule has 1 aromatic heterocycles. The van der Waals surface area contributed by atoms with E-state index in [9.17, 15) is 22.4 Å². The zero-order chi connectivity index (χ0) is 25.0. The Balaban J connectivity index is 1.46. The van der Waals surface area contributed by atoms with E-state index < -0.39 is 27.7 Å². The molecule has 0 unspecified atom stereocenters. The minimum absolute atomic E-state index is 0.0318. The van der Waals surface area contributed by atoms with Crippen molar-refractivity contribution in [2.24, 2.45) is 0 Å². The molecule has 0 aliphatic carbocycles. The summed E-state index contributed by atoms with van der Waals surface area (Å²) < 4.78 is 46.3. The molecule has 0 fully saturated rings. The fraction of sp³-hybridized carbons (Fsp3) is 0.0400. The van der Waals surface area contributed by atoms with Gasteiger partial charge in [-0.2, -0.15) is 0 Å². The zero-order valence-corrected chi connectivity index (χ0v) is 19.2. The van der Waals surface area contributed by atoms with E-state index >= 15 is 0 Å². The maximum absolute atomic E-state index is 13.1. The Kier molecular flexibility index (Phi) is 6.65. The fourth-order valence-electron chi connectivity index (χ4n) is 3.20. The molecule has 0 aliphatic heterocycles. The number of nitrogens with one attached hydrogen (secondary N) is 3. The first-order valence-corrected chi connectivity index (χ1v) is 11.8. The second-order valence-electron chi connectivity index (χ2n) is 7.56. The Hall–Kier alpha value is -4.44. The Bertz CT molecular complexity index is 1470. The van der Waals surface area contributed by atoms with Crippen LogP contribution in [-0.2, 0) is 10.0 Å². The standard InChI is InChI=1S/C25H20FN3O5S/c1-16-4-9-21(15-23(16)35(32,33)29-20-12-7-18(26)8-13-20)28-24(30)17-5-10-19(11-6-17)27-25(31)22-3-2-14-34-22/h2-15,29H,1H3,(H,27,31)(H,28,30). The fourth-order valence-corrected chi connectivity index (χ4v) is 4.53. The second kappa shape index (κ2) is 9.82. The van der Waals surface area contributed by atoms with Gasteiger partial charge in [-0.25, -0.2) is 12.8 Å². The molecule has 4 aromatic rings. The Labute approximate surface area is 200 Å². The van der Waals surface area contributed by atoms with Gasteiger partial charge in [-0.3, -0.25) is 14.3 Å². The summed E-state index contributed by atoms with van der Waals surface area (Å²) in [6.45, 7) is 1.63. The Morgan fingerprint density at radius 3 is 2.09 bits per heavy atom. The molecule has 1 heterocycles. The highest BCUT2D eigenvalue weighted by Crippen LogP contribution is 2.24. The summed E-state index contributed by atoms with van der Waals surface area (Å²) in [5.41, 5.74) is 1.72. The molecule has 35 heavy (non-hydrogen) atoms. The third-order valence-electron chi connectivity index (χ3n) is 4.98. The van der Waals surface area contributed by atoms with Gasteiger partial charge in [0.25, 0.3) is 21.8 Å². The predicted molar refractivity (Wildman–Crippen MR) is 129 cm³/mol. The van der Waals surface area contributed by atoms with Gasteiger partial charge in [-0.05, 0) is 85.3 Å². The molecule has 0 bridgehead atoms. The van der Waals surface area contributed by atoms with E-state index in [-0.39, 0.29) is 22.0 Å². The molecule has 0 saturated heterocycles. The van der Waals surface area contributed by atoms with Gasteiger partial charge in [0, 0.05) is 22.6 Å². The second-order valence-corrected chi connectivity index (χ2v) is 9.21. The van der Waals surface area contributed by atoms with E-state index in [2.05, 4.69) is 15.4 Å². The molecule has 8 nitrogen and oxygen atoms in total. The smallest absolute Gasteiger partial charge is 0.291 e. The highest BCUT2D eigenvalue weighted by atomic mass is 32.2. The van der Waals surface area contributed by atoms with Crippen molar-refractivity contribution in [3.05, 3.63) is 108 Å². The number of furan rings is 1. The lowest BCUT2D eigenvalue weighted by Crippen LogP contribution is -2.16. The van der Waals surface area contributed by atoms with E-state index in [1.54, 1.807) is 37.3 Å². The van der Waals surface area contributed by atoms with Crippen LogP contribution in [0.3, 0.4) is 0 Å². The molecule has 0 atom stereocenters. The number of carbonyl (C=O) groups excluding carboxylic acids is 2. The van der Waals surface area contributed by atoms with Crippen molar-refractivity contribution in [2.45, 2.75) is 11.8 Å². The van der Waals surface area contributed by atoms with E-state index in [1.807, 2.05) is 0 Å². The number of hydrogen-bond acceptors (Lipinski definition) is 5. The predicted octanol–water partition coefficient (Wildman–Crippen LogP) is 5.03.